The molecule has 1 aliphatic heterocycles. The fourth-order valence-corrected chi connectivity index (χ4v) is 2.58. The minimum absolute atomic E-state index is 0.174. The summed E-state index contributed by atoms with van der Waals surface area (Å²) in [6.07, 6.45) is 3.24. The second-order valence-corrected chi connectivity index (χ2v) is 5.67. The SMILES string of the molecule is COc1ccc(CCC2=N/C(=C/c3cccc(OC)c3)C(=O)N2)cc1. The van der Waals surface area contributed by atoms with Crippen molar-refractivity contribution in [1.29, 1.82) is 0 Å². The highest BCUT2D eigenvalue weighted by Gasteiger charge is 2.19. The maximum atomic E-state index is 12.1. The van der Waals surface area contributed by atoms with Crippen LogP contribution in [-0.2, 0) is 11.2 Å². The van der Waals surface area contributed by atoms with E-state index in [1.807, 2.05) is 48.5 Å². The molecule has 0 saturated heterocycles. The molecule has 1 amide bonds. The lowest BCUT2D eigenvalue weighted by atomic mass is 10.1. The van der Waals surface area contributed by atoms with Gasteiger partial charge in [-0.2, -0.15) is 0 Å². The van der Waals surface area contributed by atoms with Crippen molar-refractivity contribution < 1.29 is 14.3 Å². The zero-order valence-corrected chi connectivity index (χ0v) is 14.3. The van der Waals surface area contributed by atoms with Gasteiger partial charge in [0.25, 0.3) is 5.91 Å². The number of benzene rings is 2. The summed E-state index contributed by atoms with van der Waals surface area (Å²) in [7, 11) is 3.26. The third-order valence-corrected chi connectivity index (χ3v) is 3.95. The van der Waals surface area contributed by atoms with Gasteiger partial charge >= 0.3 is 0 Å². The zero-order valence-electron chi connectivity index (χ0n) is 14.3. The Bertz CT molecular complexity index is 823. The first-order chi connectivity index (χ1) is 12.2. The molecule has 0 aliphatic carbocycles. The van der Waals surface area contributed by atoms with E-state index in [9.17, 15) is 4.79 Å². The molecule has 5 heteroatoms. The van der Waals surface area contributed by atoms with Crippen LogP contribution >= 0.6 is 0 Å². The van der Waals surface area contributed by atoms with Gasteiger partial charge in [-0.25, -0.2) is 4.99 Å². The van der Waals surface area contributed by atoms with Gasteiger partial charge in [0.1, 0.15) is 23.0 Å². The van der Waals surface area contributed by atoms with E-state index in [1.54, 1.807) is 20.3 Å². The van der Waals surface area contributed by atoms with Gasteiger partial charge in [0.2, 0.25) is 0 Å². The van der Waals surface area contributed by atoms with E-state index in [-0.39, 0.29) is 5.91 Å². The Balaban J connectivity index is 1.67. The first-order valence-corrected chi connectivity index (χ1v) is 8.05. The van der Waals surface area contributed by atoms with Crippen LogP contribution in [0.3, 0.4) is 0 Å². The molecule has 25 heavy (non-hydrogen) atoms. The van der Waals surface area contributed by atoms with E-state index >= 15 is 0 Å². The highest BCUT2D eigenvalue weighted by molar-refractivity contribution is 6.14. The molecule has 3 rings (SSSR count). The third-order valence-electron chi connectivity index (χ3n) is 3.95. The van der Waals surface area contributed by atoms with Crippen molar-refractivity contribution in [3.63, 3.8) is 0 Å². The summed E-state index contributed by atoms with van der Waals surface area (Å²) >= 11 is 0. The van der Waals surface area contributed by atoms with Crippen molar-refractivity contribution in [3.8, 4) is 11.5 Å². The number of carbonyl (C=O) groups is 1. The van der Waals surface area contributed by atoms with Gasteiger partial charge in [-0.3, -0.25) is 4.79 Å². The quantitative estimate of drug-likeness (QED) is 0.824. The molecule has 0 spiro atoms. The fraction of sp³-hybridized carbons (Fsp3) is 0.200. The Labute approximate surface area is 147 Å². The van der Waals surface area contributed by atoms with Crippen LogP contribution in [0.2, 0.25) is 0 Å². The molecule has 0 radical (unpaired) electrons. The number of carbonyl (C=O) groups excluding carboxylic acids is 1. The van der Waals surface area contributed by atoms with Gasteiger partial charge in [0.05, 0.1) is 14.2 Å². The van der Waals surface area contributed by atoms with Crippen LogP contribution in [0.15, 0.2) is 59.2 Å². The summed E-state index contributed by atoms with van der Waals surface area (Å²) in [5.74, 6) is 2.10. The van der Waals surface area contributed by atoms with Crippen molar-refractivity contribution in [2.75, 3.05) is 14.2 Å². The summed E-state index contributed by atoms with van der Waals surface area (Å²) < 4.78 is 10.3. The lowest BCUT2D eigenvalue weighted by Crippen LogP contribution is -2.24. The number of amides is 1. The average molecular weight is 336 g/mol. The summed E-state index contributed by atoms with van der Waals surface area (Å²) in [4.78, 5) is 16.5. The number of ether oxygens (including phenoxy) is 2. The highest BCUT2D eigenvalue weighted by atomic mass is 16.5. The van der Waals surface area contributed by atoms with Crippen LogP contribution in [0.4, 0.5) is 0 Å². The average Bonchev–Trinajstić information content (AvgIpc) is 3.00. The first-order valence-electron chi connectivity index (χ1n) is 8.05. The number of aliphatic imine (C=N–C) groups is 1. The number of aryl methyl sites for hydroxylation is 1. The van der Waals surface area contributed by atoms with Gasteiger partial charge in [-0.15, -0.1) is 0 Å². The van der Waals surface area contributed by atoms with Crippen molar-refractivity contribution in [1.82, 2.24) is 5.32 Å². The van der Waals surface area contributed by atoms with E-state index in [4.69, 9.17) is 9.47 Å². The molecule has 1 aliphatic rings. The molecule has 0 aromatic heterocycles. The molecule has 2 aromatic rings. The summed E-state index contributed by atoms with van der Waals surface area (Å²) in [6.45, 7) is 0. The van der Waals surface area contributed by atoms with Crippen LogP contribution < -0.4 is 14.8 Å². The maximum Gasteiger partial charge on any atom is 0.275 e. The Morgan fingerprint density at radius 2 is 1.76 bits per heavy atom. The molecule has 0 saturated carbocycles. The number of methoxy groups -OCH3 is 2. The first kappa shape index (κ1) is 16.8. The van der Waals surface area contributed by atoms with E-state index in [1.165, 1.54) is 5.56 Å². The van der Waals surface area contributed by atoms with Crippen LogP contribution in [0.5, 0.6) is 11.5 Å². The van der Waals surface area contributed by atoms with E-state index in [0.717, 1.165) is 23.5 Å². The highest BCUT2D eigenvalue weighted by Crippen LogP contribution is 2.18. The van der Waals surface area contributed by atoms with Crippen molar-refractivity contribution in [2.24, 2.45) is 4.99 Å². The predicted molar refractivity (Wildman–Crippen MR) is 97.9 cm³/mol. The Morgan fingerprint density at radius 3 is 2.48 bits per heavy atom. The van der Waals surface area contributed by atoms with Gasteiger partial charge in [0, 0.05) is 6.42 Å². The topological polar surface area (TPSA) is 59.9 Å². The molecule has 0 atom stereocenters. The number of hydrogen-bond acceptors (Lipinski definition) is 4. The smallest absolute Gasteiger partial charge is 0.275 e. The lowest BCUT2D eigenvalue weighted by molar-refractivity contribution is -0.115. The molecular formula is C20H20N2O3. The van der Waals surface area contributed by atoms with Crippen molar-refractivity contribution >= 4 is 17.8 Å². The fourth-order valence-electron chi connectivity index (χ4n) is 2.58. The van der Waals surface area contributed by atoms with Gasteiger partial charge < -0.3 is 14.8 Å². The third kappa shape index (κ3) is 4.26. The maximum absolute atomic E-state index is 12.1. The second kappa shape index (κ2) is 7.66. The molecule has 128 valence electrons. The molecule has 0 bridgehead atoms. The summed E-state index contributed by atoms with van der Waals surface area (Å²) in [5, 5.41) is 2.83. The van der Waals surface area contributed by atoms with E-state index in [0.29, 0.717) is 18.0 Å². The number of hydrogen-bond donors (Lipinski definition) is 1. The Morgan fingerprint density at radius 1 is 1.00 bits per heavy atom. The van der Waals surface area contributed by atoms with Gasteiger partial charge in [-0.1, -0.05) is 24.3 Å². The summed E-state index contributed by atoms with van der Waals surface area (Å²) in [6, 6.07) is 15.4. The van der Waals surface area contributed by atoms with E-state index < -0.39 is 0 Å². The van der Waals surface area contributed by atoms with Crippen LogP contribution in [0.25, 0.3) is 6.08 Å². The molecule has 1 N–H and O–H groups in total. The number of amidine groups is 1. The molecule has 0 fully saturated rings. The molecular weight excluding hydrogens is 316 g/mol. The molecule has 1 heterocycles. The number of nitrogens with zero attached hydrogens (tertiary/aromatic N) is 1. The van der Waals surface area contributed by atoms with Crippen LogP contribution in [0, 0.1) is 0 Å². The second-order valence-electron chi connectivity index (χ2n) is 5.67. The Hall–Kier alpha value is -3.08. The summed E-state index contributed by atoms with van der Waals surface area (Å²) in [5.41, 5.74) is 2.46. The minimum atomic E-state index is -0.174. The standard InChI is InChI=1S/C20H20N2O3/c1-24-16-9-6-14(7-10-16)8-11-19-21-18(20(23)22-19)13-15-4-3-5-17(12-15)25-2/h3-7,9-10,12-13H,8,11H2,1-2H3,(H,21,22,23)/b18-13+. The Kier molecular flexibility index (Phi) is 5.14. The van der Waals surface area contributed by atoms with Crippen LogP contribution in [-0.4, -0.2) is 26.0 Å². The van der Waals surface area contributed by atoms with Crippen LogP contribution in [0.1, 0.15) is 17.5 Å². The van der Waals surface area contributed by atoms with E-state index in [2.05, 4.69) is 10.3 Å². The number of nitrogens with one attached hydrogen (secondary N) is 1. The van der Waals surface area contributed by atoms with Gasteiger partial charge in [0.15, 0.2) is 0 Å². The molecule has 5 nitrogen and oxygen atoms in total. The lowest BCUT2D eigenvalue weighted by Gasteiger charge is -2.03. The number of rotatable bonds is 6. The monoisotopic (exact) mass is 336 g/mol. The zero-order chi connectivity index (χ0) is 17.6. The molecule has 2 aromatic carbocycles. The largest absolute Gasteiger partial charge is 0.497 e. The van der Waals surface area contributed by atoms with Gasteiger partial charge in [-0.05, 0) is 47.9 Å². The van der Waals surface area contributed by atoms with Crippen molar-refractivity contribution in [3.05, 3.63) is 65.4 Å². The molecule has 0 unspecified atom stereocenters. The minimum Gasteiger partial charge on any atom is -0.497 e. The normalized spacial score (nSPS) is 15.0. The van der Waals surface area contributed by atoms with Crippen molar-refractivity contribution in [2.45, 2.75) is 12.8 Å². The predicted octanol–water partition coefficient (Wildman–Crippen LogP) is 3.21.